The van der Waals surface area contributed by atoms with E-state index in [1.165, 1.54) is 12.5 Å². The molecule has 0 bridgehead atoms. The summed E-state index contributed by atoms with van der Waals surface area (Å²) in [6.45, 7) is 0.751. The van der Waals surface area contributed by atoms with Gasteiger partial charge in [0.2, 0.25) is 5.91 Å². The molecule has 1 aromatic rings. The zero-order valence-corrected chi connectivity index (χ0v) is 11.1. The molecule has 1 aliphatic heterocycles. The van der Waals surface area contributed by atoms with E-state index in [1.54, 1.807) is 7.05 Å². The van der Waals surface area contributed by atoms with Gasteiger partial charge < -0.3 is 25.5 Å². The predicted octanol–water partition coefficient (Wildman–Crippen LogP) is -1.24. The number of hydrogen-bond acceptors (Lipinski definition) is 5. The molecule has 1 aliphatic rings. The van der Waals surface area contributed by atoms with Crippen molar-refractivity contribution >= 4 is 11.9 Å². The Balaban J connectivity index is 1.97. The molecule has 0 saturated carbocycles. The smallest absolute Gasteiger partial charge is 0.326 e. The van der Waals surface area contributed by atoms with Gasteiger partial charge in [-0.3, -0.25) is 4.79 Å². The molecule has 1 aromatic heterocycles. The summed E-state index contributed by atoms with van der Waals surface area (Å²) in [7, 11) is 1.75. The van der Waals surface area contributed by atoms with Crippen LogP contribution in [0.25, 0.3) is 0 Å². The zero-order chi connectivity index (χ0) is 14.5. The quantitative estimate of drug-likeness (QED) is 0.518. The highest BCUT2D eigenvalue weighted by atomic mass is 16.5. The lowest BCUT2D eigenvalue weighted by Gasteiger charge is -2.19. The van der Waals surface area contributed by atoms with Gasteiger partial charge in [-0.15, -0.1) is 0 Å². The highest BCUT2D eigenvalue weighted by molar-refractivity contribution is 5.85. The monoisotopic (exact) mass is 282 g/mol. The second-order valence-electron chi connectivity index (χ2n) is 4.72. The number of aromatic nitrogens is 2. The van der Waals surface area contributed by atoms with E-state index >= 15 is 0 Å². The summed E-state index contributed by atoms with van der Waals surface area (Å²) in [6.07, 6.45) is 3.17. The summed E-state index contributed by atoms with van der Waals surface area (Å²) in [5.41, 5.74) is 0.658. The van der Waals surface area contributed by atoms with E-state index in [1.807, 2.05) is 0 Å². The molecular weight excluding hydrogens is 264 g/mol. The average Bonchev–Trinajstić information content (AvgIpc) is 3.08. The Bertz CT molecular complexity index is 462. The van der Waals surface area contributed by atoms with Crippen LogP contribution in [0.1, 0.15) is 5.69 Å². The second kappa shape index (κ2) is 6.49. The lowest BCUT2D eigenvalue weighted by Crippen LogP contribution is -2.49. The Kier molecular flexibility index (Phi) is 4.70. The molecule has 1 amide bonds. The first-order valence-corrected chi connectivity index (χ1v) is 6.37. The van der Waals surface area contributed by atoms with Gasteiger partial charge in [0, 0.05) is 24.4 Å². The van der Waals surface area contributed by atoms with Gasteiger partial charge in [-0.05, 0) is 7.05 Å². The Morgan fingerprint density at radius 1 is 1.60 bits per heavy atom. The van der Waals surface area contributed by atoms with Crippen molar-refractivity contribution < 1.29 is 19.4 Å². The minimum absolute atomic E-state index is 0.0865. The molecule has 2 unspecified atom stereocenters. The second-order valence-corrected chi connectivity index (χ2v) is 4.72. The minimum atomic E-state index is -1.08. The minimum Gasteiger partial charge on any atom is -0.480 e. The number of likely N-dealkylation sites (N-methyl/N-ethyl adjacent to an activating group) is 1. The van der Waals surface area contributed by atoms with Crippen LogP contribution in [0.4, 0.5) is 0 Å². The van der Waals surface area contributed by atoms with Crippen molar-refractivity contribution in [2.45, 2.75) is 18.5 Å². The Morgan fingerprint density at radius 2 is 2.40 bits per heavy atom. The van der Waals surface area contributed by atoms with Crippen molar-refractivity contribution in [1.82, 2.24) is 20.6 Å². The molecule has 110 valence electrons. The zero-order valence-electron chi connectivity index (χ0n) is 11.1. The van der Waals surface area contributed by atoms with Gasteiger partial charge in [0.1, 0.15) is 6.04 Å². The molecule has 0 aliphatic carbocycles. The number of carbonyl (C=O) groups excluding carboxylic acids is 1. The predicted molar refractivity (Wildman–Crippen MR) is 69.0 cm³/mol. The third-order valence-corrected chi connectivity index (χ3v) is 3.38. The van der Waals surface area contributed by atoms with E-state index in [0.29, 0.717) is 18.9 Å². The van der Waals surface area contributed by atoms with E-state index in [0.717, 1.165) is 0 Å². The van der Waals surface area contributed by atoms with Crippen LogP contribution in [0, 0.1) is 5.92 Å². The SMILES string of the molecule is CNC1COCC1C(=O)N[C@H](Cc1cnc[nH]1)C(=O)O. The number of nitrogens with zero attached hydrogens (tertiary/aromatic N) is 1. The number of rotatable bonds is 6. The van der Waals surface area contributed by atoms with Gasteiger partial charge in [0.15, 0.2) is 0 Å². The van der Waals surface area contributed by atoms with E-state index in [-0.39, 0.29) is 24.3 Å². The van der Waals surface area contributed by atoms with Crippen LogP contribution >= 0.6 is 0 Å². The molecule has 0 spiro atoms. The highest BCUT2D eigenvalue weighted by Crippen LogP contribution is 2.14. The van der Waals surface area contributed by atoms with Crippen LogP contribution < -0.4 is 10.6 Å². The van der Waals surface area contributed by atoms with Gasteiger partial charge in [-0.25, -0.2) is 9.78 Å². The Labute approximate surface area is 115 Å². The van der Waals surface area contributed by atoms with Gasteiger partial charge in [-0.2, -0.15) is 0 Å². The molecule has 2 rings (SSSR count). The molecular formula is C12H18N4O4. The molecule has 3 atom stereocenters. The summed E-state index contributed by atoms with van der Waals surface area (Å²) in [5, 5.41) is 14.7. The number of carbonyl (C=O) groups is 2. The fourth-order valence-corrected chi connectivity index (χ4v) is 2.19. The molecule has 4 N–H and O–H groups in total. The average molecular weight is 282 g/mol. The molecule has 0 radical (unpaired) electrons. The summed E-state index contributed by atoms with van der Waals surface area (Å²) < 4.78 is 5.24. The standard InChI is InChI=1S/C12H18N4O4/c1-13-10-5-20-4-8(10)11(17)16-9(12(18)19)2-7-3-14-6-15-7/h3,6,8-10,13H,2,4-5H2,1H3,(H,14,15)(H,16,17)(H,18,19)/t8?,9-,10?/m1/s1. The van der Waals surface area contributed by atoms with Crippen molar-refractivity contribution in [1.29, 1.82) is 0 Å². The number of imidazole rings is 1. The summed E-state index contributed by atoms with van der Waals surface area (Å²) in [4.78, 5) is 30.0. The van der Waals surface area contributed by atoms with Crippen LogP contribution in [-0.4, -0.2) is 59.3 Å². The first kappa shape index (κ1) is 14.5. The number of ether oxygens (including phenoxy) is 1. The largest absolute Gasteiger partial charge is 0.480 e. The third kappa shape index (κ3) is 3.34. The van der Waals surface area contributed by atoms with E-state index < -0.39 is 12.0 Å². The van der Waals surface area contributed by atoms with E-state index in [9.17, 15) is 14.7 Å². The first-order valence-electron chi connectivity index (χ1n) is 6.37. The fourth-order valence-electron chi connectivity index (χ4n) is 2.19. The van der Waals surface area contributed by atoms with Crippen LogP contribution in [0.2, 0.25) is 0 Å². The van der Waals surface area contributed by atoms with Crippen LogP contribution in [0.5, 0.6) is 0 Å². The first-order chi connectivity index (χ1) is 9.61. The van der Waals surface area contributed by atoms with Crippen LogP contribution in [-0.2, 0) is 20.7 Å². The number of amides is 1. The van der Waals surface area contributed by atoms with Gasteiger partial charge in [-0.1, -0.05) is 0 Å². The van der Waals surface area contributed by atoms with Crippen LogP contribution in [0.15, 0.2) is 12.5 Å². The number of hydrogen-bond donors (Lipinski definition) is 4. The topological polar surface area (TPSA) is 116 Å². The molecule has 2 heterocycles. The number of nitrogens with one attached hydrogen (secondary N) is 3. The van der Waals surface area contributed by atoms with Crippen molar-refractivity contribution in [3.63, 3.8) is 0 Å². The lowest BCUT2D eigenvalue weighted by atomic mass is 10.0. The number of H-pyrrole nitrogens is 1. The normalized spacial score (nSPS) is 23.4. The van der Waals surface area contributed by atoms with Crippen molar-refractivity contribution in [3.8, 4) is 0 Å². The van der Waals surface area contributed by atoms with E-state index in [4.69, 9.17) is 4.74 Å². The number of carboxylic acids is 1. The molecule has 1 fully saturated rings. The number of aromatic amines is 1. The molecule has 8 nitrogen and oxygen atoms in total. The highest BCUT2D eigenvalue weighted by Gasteiger charge is 2.35. The maximum Gasteiger partial charge on any atom is 0.326 e. The summed E-state index contributed by atoms with van der Waals surface area (Å²) >= 11 is 0. The Morgan fingerprint density at radius 3 is 3.00 bits per heavy atom. The Hall–Kier alpha value is -1.93. The summed E-state index contributed by atoms with van der Waals surface area (Å²) in [5.74, 6) is -1.76. The fraction of sp³-hybridized carbons (Fsp3) is 0.583. The van der Waals surface area contributed by atoms with Crippen molar-refractivity contribution in [3.05, 3.63) is 18.2 Å². The van der Waals surface area contributed by atoms with Crippen molar-refractivity contribution in [2.24, 2.45) is 5.92 Å². The molecule has 1 saturated heterocycles. The number of carboxylic acid groups (broad SMARTS) is 1. The maximum atomic E-state index is 12.1. The lowest BCUT2D eigenvalue weighted by molar-refractivity contribution is -0.142. The third-order valence-electron chi connectivity index (χ3n) is 3.38. The molecule has 8 heteroatoms. The van der Waals surface area contributed by atoms with Gasteiger partial charge in [0.05, 0.1) is 25.5 Å². The summed E-state index contributed by atoms with van der Waals surface area (Å²) in [6, 6.07) is -1.07. The maximum absolute atomic E-state index is 12.1. The number of aliphatic carboxylic acids is 1. The molecule has 20 heavy (non-hydrogen) atoms. The van der Waals surface area contributed by atoms with Crippen molar-refractivity contribution in [2.75, 3.05) is 20.3 Å². The van der Waals surface area contributed by atoms with E-state index in [2.05, 4.69) is 20.6 Å². The van der Waals surface area contributed by atoms with Gasteiger partial charge >= 0.3 is 5.97 Å². The van der Waals surface area contributed by atoms with Crippen LogP contribution in [0.3, 0.4) is 0 Å². The molecule has 0 aromatic carbocycles. The van der Waals surface area contributed by atoms with Gasteiger partial charge in [0.25, 0.3) is 0 Å².